The average molecular weight is 519 g/mol. The van der Waals surface area contributed by atoms with Gasteiger partial charge in [0.1, 0.15) is 35.8 Å². The van der Waals surface area contributed by atoms with E-state index >= 15 is 0 Å². The van der Waals surface area contributed by atoms with Crippen LogP contribution in [0.25, 0.3) is 11.3 Å². The largest absolute Gasteiger partial charge is 0.388 e. The van der Waals surface area contributed by atoms with Gasteiger partial charge in [-0.3, -0.25) is 0 Å². The monoisotopic (exact) mass is 518 g/mol. The van der Waals surface area contributed by atoms with Crippen LogP contribution in [-0.4, -0.2) is 62.1 Å². The molecular formula is C26H32F2N4O5. The lowest BCUT2D eigenvalue weighted by atomic mass is 9.89. The highest BCUT2D eigenvalue weighted by Gasteiger charge is 2.52. The maximum absolute atomic E-state index is 14.7. The van der Waals surface area contributed by atoms with Gasteiger partial charge in [-0.15, -0.1) is 5.10 Å². The standard InChI is InChI=1S/C26H32F2N4O5/c1-13-7-8-15(21(28)20(13)27)16-11-32(31-29-16)22-23(33)17(9-14-10-19(37-30-14)25(2,3)4)35-18-12-34-26(5,6)36-24(18)22/h7-8,10-11,17-18,22-24,33H,9,12H2,1-6H3/t17-,18-,22-,23+,24+/m1/s1. The van der Waals surface area contributed by atoms with Gasteiger partial charge >= 0.3 is 0 Å². The highest BCUT2D eigenvalue weighted by molar-refractivity contribution is 5.59. The Kier molecular flexibility index (Phi) is 6.46. The maximum Gasteiger partial charge on any atom is 0.168 e. The highest BCUT2D eigenvalue weighted by atomic mass is 19.2. The Labute approximate surface area is 213 Å². The molecule has 1 N–H and O–H groups in total. The second-order valence-electron chi connectivity index (χ2n) is 11.3. The van der Waals surface area contributed by atoms with Crippen molar-refractivity contribution in [3.8, 4) is 11.3 Å². The number of aliphatic hydroxyl groups excluding tert-OH is 1. The lowest BCUT2D eigenvalue weighted by Crippen LogP contribution is -2.62. The van der Waals surface area contributed by atoms with E-state index in [4.69, 9.17) is 18.7 Å². The zero-order valence-corrected chi connectivity index (χ0v) is 21.7. The SMILES string of the molecule is Cc1ccc(-c2cn([C@@H]3[C@@H](O)[C@@H](Cc4cc(C(C)(C)C)on4)O[C@@H]4COC(C)(C)O[C@H]34)nn2)c(F)c1F. The summed E-state index contributed by atoms with van der Waals surface area (Å²) in [7, 11) is 0. The molecule has 37 heavy (non-hydrogen) atoms. The first-order chi connectivity index (χ1) is 17.3. The van der Waals surface area contributed by atoms with Gasteiger partial charge < -0.3 is 23.8 Å². The van der Waals surface area contributed by atoms with Gasteiger partial charge in [0.2, 0.25) is 0 Å². The van der Waals surface area contributed by atoms with Gasteiger partial charge in [0, 0.05) is 23.5 Å². The van der Waals surface area contributed by atoms with Crippen molar-refractivity contribution >= 4 is 0 Å². The topological polar surface area (TPSA) is 105 Å². The van der Waals surface area contributed by atoms with E-state index in [1.165, 1.54) is 29.9 Å². The summed E-state index contributed by atoms with van der Waals surface area (Å²) < 4.78 is 54.0. The Hall–Kier alpha value is -2.73. The minimum Gasteiger partial charge on any atom is -0.388 e. The summed E-state index contributed by atoms with van der Waals surface area (Å²) in [6.07, 6.45) is -1.14. The second kappa shape index (κ2) is 9.23. The van der Waals surface area contributed by atoms with E-state index in [1.54, 1.807) is 13.8 Å². The quantitative estimate of drug-likeness (QED) is 0.555. The summed E-state index contributed by atoms with van der Waals surface area (Å²) in [6.45, 7) is 11.3. The van der Waals surface area contributed by atoms with Crippen LogP contribution in [0.3, 0.4) is 0 Å². The van der Waals surface area contributed by atoms with Gasteiger partial charge in [-0.25, -0.2) is 13.5 Å². The van der Waals surface area contributed by atoms with Crippen molar-refractivity contribution in [2.75, 3.05) is 6.61 Å². The number of benzene rings is 1. The molecule has 2 aliphatic rings. The van der Waals surface area contributed by atoms with Crippen LogP contribution < -0.4 is 0 Å². The molecule has 5 atom stereocenters. The van der Waals surface area contributed by atoms with Gasteiger partial charge in [-0.1, -0.05) is 37.2 Å². The fourth-order valence-corrected chi connectivity index (χ4v) is 4.77. The van der Waals surface area contributed by atoms with Crippen molar-refractivity contribution in [3.63, 3.8) is 0 Å². The molecule has 0 aliphatic carbocycles. The summed E-state index contributed by atoms with van der Waals surface area (Å²) in [5.74, 6) is -2.13. The first-order valence-electron chi connectivity index (χ1n) is 12.3. The Morgan fingerprint density at radius 1 is 1.19 bits per heavy atom. The number of hydrogen-bond acceptors (Lipinski definition) is 8. The molecule has 0 unspecified atom stereocenters. The third kappa shape index (κ3) is 4.93. The highest BCUT2D eigenvalue weighted by Crippen LogP contribution is 2.39. The van der Waals surface area contributed by atoms with Crippen molar-refractivity contribution in [2.24, 2.45) is 0 Å². The number of aryl methyl sites for hydroxylation is 1. The van der Waals surface area contributed by atoms with E-state index in [-0.39, 0.29) is 35.3 Å². The molecule has 11 heteroatoms. The molecule has 2 saturated heterocycles. The number of fused-ring (bicyclic) bond motifs is 1. The molecular weight excluding hydrogens is 486 g/mol. The molecule has 2 fully saturated rings. The minimum atomic E-state index is -1.08. The smallest absolute Gasteiger partial charge is 0.168 e. The van der Waals surface area contributed by atoms with Crippen molar-refractivity contribution in [1.29, 1.82) is 0 Å². The predicted octanol–water partition coefficient (Wildman–Crippen LogP) is 3.88. The molecule has 2 aliphatic heterocycles. The third-order valence-corrected chi connectivity index (χ3v) is 6.87. The molecule has 0 bridgehead atoms. The fourth-order valence-electron chi connectivity index (χ4n) is 4.77. The first kappa shape index (κ1) is 25.9. The Morgan fingerprint density at radius 2 is 1.95 bits per heavy atom. The van der Waals surface area contributed by atoms with Gasteiger partial charge in [0.05, 0.1) is 24.6 Å². The summed E-state index contributed by atoms with van der Waals surface area (Å²) in [5, 5.41) is 23.9. The number of halogens is 2. The number of rotatable bonds is 4. The molecule has 9 nitrogen and oxygen atoms in total. The first-order valence-corrected chi connectivity index (χ1v) is 12.3. The molecule has 0 amide bonds. The number of nitrogens with zero attached hydrogens (tertiary/aromatic N) is 4. The molecule has 1 aromatic carbocycles. The number of hydrogen-bond donors (Lipinski definition) is 1. The third-order valence-electron chi connectivity index (χ3n) is 6.87. The summed E-state index contributed by atoms with van der Waals surface area (Å²) in [4.78, 5) is 0. The van der Waals surface area contributed by atoms with E-state index in [2.05, 4.69) is 15.5 Å². The van der Waals surface area contributed by atoms with E-state index in [0.717, 1.165) is 5.76 Å². The lowest BCUT2D eigenvalue weighted by molar-refractivity contribution is -0.348. The second-order valence-corrected chi connectivity index (χ2v) is 11.3. The molecule has 0 radical (unpaired) electrons. The zero-order chi connectivity index (χ0) is 26.7. The fraction of sp³-hybridized carbons (Fsp3) is 0.577. The maximum atomic E-state index is 14.7. The van der Waals surface area contributed by atoms with Gasteiger partial charge in [-0.05, 0) is 32.4 Å². The van der Waals surface area contributed by atoms with Gasteiger partial charge in [0.25, 0.3) is 0 Å². The van der Waals surface area contributed by atoms with E-state index in [1.807, 2.05) is 26.8 Å². The van der Waals surface area contributed by atoms with Crippen LogP contribution in [0, 0.1) is 18.6 Å². The summed E-state index contributed by atoms with van der Waals surface area (Å²) in [6, 6.07) is 4.06. The number of ether oxygens (including phenoxy) is 3. The van der Waals surface area contributed by atoms with Crippen LogP contribution in [-0.2, 0) is 26.0 Å². The van der Waals surface area contributed by atoms with Crippen LogP contribution >= 0.6 is 0 Å². The van der Waals surface area contributed by atoms with Crippen LogP contribution in [0.1, 0.15) is 57.7 Å². The van der Waals surface area contributed by atoms with Crippen molar-refractivity contribution in [2.45, 2.75) is 89.6 Å². The van der Waals surface area contributed by atoms with Gasteiger partial charge in [-0.2, -0.15) is 0 Å². The van der Waals surface area contributed by atoms with E-state index in [9.17, 15) is 13.9 Å². The summed E-state index contributed by atoms with van der Waals surface area (Å²) >= 11 is 0. The van der Waals surface area contributed by atoms with Crippen LogP contribution in [0.15, 0.2) is 28.9 Å². The van der Waals surface area contributed by atoms with Crippen LogP contribution in [0.2, 0.25) is 0 Å². The summed E-state index contributed by atoms with van der Waals surface area (Å²) in [5.41, 5.74) is 0.735. The Bertz CT molecular complexity index is 1280. The molecule has 3 aromatic rings. The molecule has 0 saturated carbocycles. The predicted molar refractivity (Wildman–Crippen MR) is 128 cm³/mol. The van der Waals surface area contributed by atoms with Crippen LogP contribution in [0.5, 0.6) is 0 Å². The van der Waals surface area contributed by atoms with E-state index in [0.29, 0.717) is 5.69 Å². The van der Waals surface area contributed by atoms with Crippen molar-refractivity contribution in [1.82, 2.24) is 20.2 Å². The molecule has 2 aromatic heterocycles. The number of aromatic nitrogens is 4. The molecule has 200 valence electrons. The molecule has 4 heterocycles. The molecule has 0 spiro atoms. The van der Waals surface area contributed by atoms with Gasteiger partial charge in [0.15, 0.2) is 17.4 Å². The lowest BCUT2D eigenvalue weighted by Gasteiger charge is -2.50. The average Bonchev–Trinajstić information content (AvgIpc) is 3.48. The van der Waals surface area contributed by atoms with Crippen molar-refractivity contribution < 1.29 is 32.6 Å². The molecule has 5 rings (SSSR count). The Morgan fingerprint density at radius 3 is 2.65 bits per heavy atom. The zero-order valence-electron chi connectivity index (χ0n) is 21.7. The van der Waals surface area contributed by atoms with Crippen molar-refractivity contribution in [3.05, 3.63) is 53.0 Å². The number of aliphatic hydroxyl groups is 1. The Balaban J connectivity index is 1.47. The minimum absolute atomic E-state index is 0.0190. The van der Waals surface area contributed by atoms with E-state index < -0.39 is 47.9 Å². The van der Waals surface area contributed by atoms with Crippen LogP contribution in [0.4, 0.5) is 8.78 Å². The normalized spacial score (nSPS) is 27.8.